The largest absolute Gasteiger partial charge is 0.491 e. The van der Waals surface area contributed by atoms with E-state index in [0.29, 0.717) is 24.3 Å². The Morgan fingerprint density at radius 2 is 1.83 bits per heavy atom. The predicted molar refractivity (Wildman–Crippen MR) is 135 cm³/mol. The van der Waals surface area contributed by atoms with Gasteiger partial charge in [-0.2, -0.15) is 0 Å². The number of likely N-dealkylation sites (N-methyl/N-ethyl adjacent to an activating group) is 1. The number of nitrogens with one attached hydrogen (secondary N) is 2. The van der Waals surface area contributed by atoms with Gasteiger partial charge in [-0.25, -0.2) is 9.18 Å². The Balaban J connectivity index is 1.88. The second kappa shape index (κ2) is 11.9. The van der Waals surface area contributed by atoms with E-state index in [1.54, 1.807) is 42.2 Å². The number of methoxy groups -OCH3 is 1. The van der Waals surface area contributed by atoms with Crippen molar-refractivity contribution < 1.29 is 28.2 Å². The Labute approximate surface area is 210 Å². The van der Waals surface area contributed by atoms with Gasteiger partial charge in [-0.15, -0.1) is 0 Å². The maximum Gasteiger partial charge on any atom is 0.323 e. The number of hydrogen-bond acceptors (Lipinski definition) is 5. The molecular weight excluding hydrogens is 467 g/mol. The van der Waals surface area contributed by atoms with Crippen LogP contribution >= 0.6 is 0 Å². The fourth-order valence-electron chi connectivity index (χ4n) is 4.14. The lowest BCUT2D eigenvalue weighted by Crippen LogP contribution is -2.48. The van der Waals surface area contributed by atoms with Crippen molar-refractivity contribution >= 4 is 29.2 Å². The summed E-state index contributed by atoms with van der Waals surface area (Å²) in [6.45, 7) is 6.28. The molecule has 0 saturated heterocycles. The van der Waals surface area contributed by atoms with Crippen molar-refractivity contribution in [3.63, 3.8) is 0 Å². The molecule has 1 aliphatic heterocycles. The average molecular weight is 501 g/mol. The number of urea groups is 1. The molecule has 3 atom stereocenters. The lowest BCUT2D eigenvalue weighted by atomic mass is 10.0. The summed E-state index contributed by atoms with van der Waals surface area (Å²) in [5.41, 5.74) is 0.696. The number of fused-ring (bicyclic) bond motifs is 1. The smallest absolute Gasteiger partial charge is 0.323 e. The molecule has 36 heavy (non-hydrogen) atoms. The predicted octanol–water partition coefficient (Wildman–Crippen LogP) is 3.82. The molecule has 0 spiro atoms. The first-order valence-electron chi connectivity index (χ1n) is 11.8. The number of amides is 4. The van der Waals surface area contributed by atoms with E-state index < -0.39 is 11.8 Å². The van der Waals surface area contributed by atoms with Crippen LogP contribution in [0.5, 0.6) is 5.75 Å². The molecule has 3 rings (SSSR count). The van der Waals surface area contributed by atoms with Gasteiger partial charge in [0.2, 0.25) is 5.91 Å². The number of ether oxygens (including phenoxy) is 2. The van der Waals surface area contributed by atoms with Gasteiger partial charge in [0, 0.05) is 51.8 Å². The standard InChI is InChI=1S/C26H33FN4O5/c1-16-13-31(18(3)32)17(2)15-36-23-12-19(28-26(34)29-22-9-7-6-8-21(22)27)10-11-20(23)25(33)30(4)14-24(16)35-5/h6-12,16-17,24H,13-15H2,1-5H3,(H2,28,29,34)/t16-,17-,24-/m0/s1. The normalized spacial score (nSPS) is 20.9. The van der Waals surface area contributed by atoms with Crippen LogP contribution in [0.4, 0.5) is 20.6 Å². The first-order valence-corrected chi connectivity index (χ1v) is 11.8. The van der Waals surface area contributed by atoms with Crippen LogP contribution < -0.4 is 15.4 Å². The lowest BCUT2D eigenvalue weighted by Gasteiger charge is -2.35. The quantitative estimate of drug-likeness (QED) is 0.668. The number of halogens is 1. The summed E-state index contributed by atoms with van der Waals surface area (Å²) in [6.07, 6.45) is -0.278. The average Bonchev–Trinajstić information content (AvgIpc) is 2.84. The maximum absolute atomic E-state index is 13.9. The fraction of sp³-hybridized carbons (Fsp3) is 0.423. The number of para-hydroxylation sites is 1. The van der Waals surface area contributed by atoms with Crippen LogP contribution in [0.1, 0.15) is 31.1 Å². The van der Waals surface area contributed by atoms with Gasteiger partial charge in [-0.1, -0.05) is 19.1 Å². The van der Waals surface area contributed by atoms with E-state index in [9.17, 15) is 18.8 Å². The summed E-state index contributed by atoms with van der Waals surface area (Å²) >= 11 is 0. The minimum Gasteiger partial charge on any atom is -0.491 e. The summed E-state index contributed by atoms with van der Waals surface area (Å²) in [6, 6.07) is 9.58. The molecule has 10 heteroatoms. The van der Waals surface area contributed by atoms with Crippen molar-refractivity contribution in [2.45, 2.75) is 32.9 Å². The highest BCUT2D eigenvalue weighted by molar-refractivity contribution is 6.01. The van der Waals surface area contributed by atoms with Crippen LogP contribution in [-0.2, 0) is 9.53 Å². The second-order valence-electron chi connectivity index (χ2n) is 9.04. The molecular formula is C26H33FN4O5. The molecule has 0 aliphatic carbocycles. The Bertz CT molecular complexity index is 1110. The lowest BCUT2D eigenvalue weighted by molar-refractivity contribution is -0.133. The number of benzene rings is 2. The van der Waals surface area contributed by atoms with Crippen LogP contribution in [-0.4, -0.2) is 73.6 Å². The molecule has 1 aliphatic rings. The first kappa shape index (κ1) is 26.9. The van der Waals surface area contributed by atoms with Gasteiger partial charge in [-0.3, -0.25) is 9.59 Å². The molecule has 0 bridgehead atoms. The molecule has 2 aromatic carbocycles. The molecule has 4 amide bonds. The van der Waals surface area contributed by atoms with E-state index in [0.717, 1.165) is 0 Å². The Kier molecular flexibility index (Phi) is 8.87. The van der Waals surface area contributed by atoms with Gasteiger partial charge in [0.25, 0.3) is 5.91 Å². The van der Waals surface area contributed by atoms with Crippen LogP contribution in [0, 0.1) is 11.7 Å². The van der Waals surface area contributed by atoms with Gasteiger partial charge in [0.1, 0.15) is 18.2 Å². The fourth-order valence-corrected chi connectivity index (χ4v) is 4.14. The van der Waals surface area contributed by atoms with Crippen molar-refractivity contribution in [1.82, 2.24) is 9.80 Å². The van der Waals surface area contributed by atoms with Gasteiger partial charge in [0.15, 0.2) is 0 Å². The number of rotatable bonds is 3. The summed E-state index contributed by atoms with van der Waals surface area (Å²) in [7, 11) is 3.27. The van der Waals surface area contributed by atoms with E-state index >= 15 is 0 Å². The number of anilines is 2. The molecule has 0 aromatic heterocycles. The van der Waals surface area contributed by atoms with Crippen LogP contribution in [0.3, 0.4) is 0 Å². The van der Waals surface area contributed by atoms with Crippen molar-refractivity contribution in [2.24, 2.45) is 5.92 Å². The Hall–Kier alpha value is -3.66. The zero-order valence-electron chi connectivity index (χ0n) is 21.2. The van der Waals surface area contributed by atoms with Gasteiger partial charge < -0.3 is 29.9 Å². The molecule has 194 valence electrons. The maximum atomic E-state index is 13.9. The summed E-state index contributed by atoms with van der Waals surface area (Å²) < 4.78 is 25.5. The molecule has 2 aromatic rings. The summed E-state index contributed by atoms with van der Waals surface area (Å²) in [5.74, 6) is -0.675. The van der Waals surface area contributed by atoms with E-state index in [2.05, 4.69) is 10.6 Å². The highest BCUT2D eigenvalue weighted by Gasteiger charge is 2.29. The topological polar surface area (TPSA) is 100 Å². The summed E-state index contributed by atoms with van der Waals surface area (Å²) in [4.78, 5) is 41.3. The molecule has 2 N–H and O–H groups in total. The van der Waals surface area contributed by atoms with Crippen LogP contribution in [0.2, 0.25) is 0 Å². The molecule has 1 heterocycles. The third-order valence-electron chi connectivity index (χ3n) is 6.23. The first-order chi connectivity index (χ1) is 17.1. The number of carbonyl (C=O) groups is 3. The van der Waals surface area contributed by atoms with Crippen molar-refractivity contribution in [2.75, 3.05) is 44.5 Å². The Morgan fingerprint density at radius 1 is 1.11 bits per heavy atom. The van der Waals surface area contributed by atoms with Crippen molar-refractivity contribution in [3.8, 4) is 5.75 Å². The third-order valence-corrected chi connectivity index (χ3v) is 6.23. The van der Waals surface area contributed by atoms with Gasteiger partial charge in [0.05, 0.1) is 23.4 Å². The Morgan fingerprint density at radius 3 is 2.50 bits per heavy atom. The minimum atomic E-state index is -0.648. The molecule has 0 unspecified atom stereocenters. The minimum absolute atomic E-state index is 0.0185. The number of carbonyl (C=O) groups excluding carboxylic acids is 3. The van der Waals surface area contributed by atoms with Crippen LogP contribution in [0.25, 0.3) is 0 Å². The van der Waals surface area contributed by atoms with E-state index in [-0.39, 0.29) is 47.9 Å². The molecule has 0 fully saturated rings. The summed E-state index contributed by atoms with van der Waals surface area (Å²) in [5, 5.41) is 5.09. The van der Waals surface area contributed by atoms with Gasteiger partial charge >= 0.3 is 6.03 Å². The zero-order chi connectivity index (χ0) is 26.4. The van der Waals surface area contributed by atoms with E-state index in [4.69, 9.17) is 9.47 Å². The highest BCUT2D eigenvalue weighted by Crippen LogP contribution is 2.27. The second-order valence-corrected chi connectivity index (χ2v) is 9.04. The SMILES string of the molecule is CO[C@H]1CN(C)C(=O)c2ccc(NC(=O)Nc3ccccc3F)cc2OC[C@H](C)N(C(C)=O)C[C@@H]1C. The monoisotopic (exact) mass is 500 g/mol. The van der Waals surface area contributed by atoms with Crippen molar-refractivity contribution in [3.05, 3.63) is 53.8 Å². The molecule has 0 radical (unpaired) electrons. The third kappa shape index (κ3) is 6.51. The highest BCUT2D eigenvalue weighted by atomic mass is 19.1. The number of nitrogens with zero attached hydrogens (tertiary/aromatic N) is 2. The van der Waals surface area contributed by atoms with Crippen LogP contribution in [0.15, 0.2) is 42.5 Å². The van der Waals surface area contributed by atoms with Crippen molar-refractivity contribution in [1.29, 1.82) is 0 Å². The zero-order valence-corrected chi connectivity index (χ0v) is 21.2. The van der Waals surface area contributed by atoms with E-state index in [1.165, 1.54) is 31.2 Å². The molecule has 9 nitrogen and oxygen atoms in total. The molecule has 0 saturated carbocycles. The number of hydrogen-bond donors (Lipinski definition) is 2. The van der Waals surface area contributed by atoms with Gasteiger partial charge in [-0.05, 0) is 31.2 Å². The van der Waals surface area contributed by atoms with E-state index in [1.807, 2.05) is 13.8 Å².